The fourth-order valence-electron chi connectivity index (χ4n) is 4.31. The Hall–Kier alpha value is -4.18. The van der Waals surface area contributed by atoms with Gasteiger partial charge in [-0.2, -0.15) is 0 Å². The number of benzene rings is 2. The Morgan fingerprint density at radius 2 is 1.68 bits per heavy atom. The zero-order chi connectivity index (χ0) is 29.4. The highest BCUT2D eigenvalue weighted by atomic mass is 32.1. The first-order valence-electron chi connectivity index (χ1n) is 13.0. The molecule has 0 aromatic heterocycles. The van der Waals surface area contributed by atoms with Crippen molar-refractivity contribution in [1.29, 1.82) is 0 Å². The lowest BCUT2D eigenvalue weighted by Crippen LogP contribution is -2.51. The highest BCUT2D eigenvalue weighted by Gasteiger charge is 2.40. The van der Waals surface area contributed by atoms with E-state index in [4.69, 9.17) is 31.2 Å². The van der Waals surface area contributed by atoms with Gasteiger partial charge in [0.1, 0.15) is 5.75 Å². The van der Waals surface area contributed by atoms with Crippen molar-refractivity contribution in [3.8, 4) is 17.2 Å². The van der Waals surface area contributed by atoms with E-state index in [0.29, 0.717) is 52.9 Å². The molecule has 0 radical (unpaired) electrons. The van der Waals surface area contributed by atoms with Crippen LogP contribution in [0.2, 0.25) is 0 Å². The van der Waals surface area contributed by atoms with E-state index in [-0.39, 0.29) is 17.3 Å². The van der Waals surface area contributed by atoms with Crippen molar-refractivity contribution >= 4 is 41.3 Å². The lowest BCUT2D eigenvalue weighted by Gasteiger charge is -2.38. The van der Waals surface area contributed by atoms with Gasteiger partial charge in [0.15, 0.2) is 16.6 Å². The van der Waals surface area contributed by atoms with Gasteiger partial charge in [0.25, 0.3) is 5.91 Å². The van der Waals surface area contributed by atoms with Crippen LogP contribution in [-0.2, 0) is 19.1 Å². The predicted octanol–water partition coefficient (Wildman–Crippen LogP) is 5.11. The molecule has 1 heterocycles. The van der Waals surface area contributed by atoms with Crippen LogP contribution in [0.15, 0.2) is 59.3 Å². The van der Waals surface area contributed by atoms with Crippen molar-refractivity contribution in [2.45, 2.75) is 47.6 Å². The molecule has 2 aromatic rings. The third-order valence-corrected chi connectivity index (χ3v) is 6.19. The zero-order valence-corrected chi connectivity index (χ0v) is 24.3. The molecule has 0 saturated carbocycles. The largest absolute Gasteiger partial charge is 0.490 e. The summed E-state index contributed by atoms with van der Waals surface area (Å²) >= 11 is 5.63. The zero-order valence-electron chi connectivity index (χ0n) is 23.5. The molecule has 0 fully saturated rings. The van der Waals surface area contributed by atoms with Gasteiger partial charge in [-0.25, -0.2) is 4.79 Å². The summed E-state index contributed by atoms with van der Waals surface area (Å²) in [7, 11) is 0. The number of nitrogens with zero attached hydrogens (tertiary/aromatic N) is 1. The number of carbonyl (C=O) groups is 3. The molecule has 0 saturated heterocycles. The van der Waals surface area contributed by atoms with Gasteiger partial charge in [0, 0.05) is 18.2 Å². The highest BCUT2D eigenvalue weighted by molar-refractivity contribution is 7.80. The smallest absolute Gasteiger partial charge is 0.338 e. The van der Waals surface area contributed by atoms with Crippen LogP contribution in [0.5, 0.6) is 17.2 Å². The Kier molecular flexibility index (Phi) is 10.4. The molecular weight excluding hydrogens is 532 g/mol. The molecule has 212 valence electrons. The standard InChI is InChI=1S/C30H34N2O7S/c1-7-36-24-14-13-22(17-25(24)37-8-2)27-26(29(35)38-9-3)19(5)31-30(40)32(27)28(34)18(4)15-21-11-10-12-23(16-21)39-20(6)33/h10-17,27H,7-9H2,1-6H3,(H,31,40)/b18-15+. The fraction of sp³-hybridized carbons (Fsp3) is 0.333. The molecule has 1 aliphatic heterocycles. The summed E-state index contributed by atoms with van der Waals surface area (Å²) in [6, 6.07) is 11.2. The summed E-state index contributed by atoms with van der Waals surface area (Å²) in [5, 5.41) is 3.13. The summed E-state index contributed by atoms with van der Waals surface area (Å²) in [6.07, 6.45) is 1.66. The fourth-order valence-corrected chi connectivity index (χ4v) is 4.65. The Balaban J connectivity index is 2.13. The van der Waals surface area contributed by atoms with E-state index in [9.17, 15) is 14.4 Å². The molecule has 0 aliphatic carbocycles. The van der Waals surface area contributed by atoms with E-state index in [0.717, 1.165) is 0 Å². The topological polar surface area (TPSA) is 103 Å². The third-order valence-electron chi connectivity index (χ3n) is 5.89. The van der Waals surface area contributed by atoms with E-state index < -0.39 is 23.9 Å². The minimum absolute atomic E-state index is 0.133. The summed E-state index contributed by atoms with van der Waals surface area (Å²) in [6.45, 7) is 11.1. The number of thiocarbonyl (C=S) groups is 1. The van der Waals surface area contributed by atoms with Gasteiger partial charge < -0.3 is 24.3 Å². The van der Waals surface area contributed by atoms with Crippen LogP contribution in [0.3, 0.4) is 0 Å². The third kappa shape index (κ3) is 7.06. The van der Waals surface area contributed by atoms with E-state index >= 15 is 0 Å². The summed E-state index contributed by atoms with van der Waals surface area (Å²) in [4.78, 5) is 39.9. The molecule has 10 heteroatoms. The van der Waals surface area contributed by atoms with Crippen molar-refractivity contribution in [2.75, 3.05) is 19.8 Å². The Bertz CT molecular complexity index is 1370. The van der Waals surface area contributed by atoms with E-state index in [1.807, 2.05) is 13.8 Å². The van der Waals surface area contributed by atoms with E-state index in [1.165, 1.54) is 11.8 Å². The maximum Gasteiger partial charge on any atom is 0.338 e. The molecule has 1 N–H and O–H groups in total. The lowest BCUT2D eigenvalue weighted by molar-refractivity contribution is -0.139. The first kappa shape index (κ1) is 30.4. The van der Waals surface area contributed by atoms with Crippen LogP contribution in [0.25, 0.3) is 6.08 Å². The first-order chi connectivity index (χ1) is 19.1. The Labute approximate surface area is 239 Å². The molecule has 9 nitrogen and oxygen atoms in total. The average molecular weight is 567 g/mol. The maximum absolute atomic E-state index is 14.0. The molecule has 2 aromatic carbocycles. The molecule has 0 spiro atoms. The SMILES string of the molecule is CCOC(=O)C1=C(C)NC(=S)N(C(=O)/C(C)=C/c2cccc(OC(C)=O)c2)C1c1ccc(OCC)c(OCC)c1. The van der Waals surface area contributed by atoms with Crippen LogP contribution in [0, 0.1) is 0 Å². The Morgan fingerprint density at radius 1 is 0.975 bits per heavy atom. The van der Waals surface area contributed by atoms with Gasteiger partial charge in [0.05, 0.1) is 31.4 Å². The van der Waals surface area contributed by atoms with Crippen molar-refractivity contribution < 1.29 is 33.3 Å². The highest BCUT2D eigenvalue weighted by Crippen LogP contribution is 2.39. The monoisotopic (exact) mass is 566 g/mol. The van der Waals surface area contributed by atoms with Gasteiger partial charge in [-0.1, -0.05) is 18.2 Å². The second kappa shape index (κ2) is 13.7. The van der Waals surface area contributed by atoms with Gasteiger partial charge in [-0.05, 0) is 88.3 Å². The molecule has 0 bridgehead atoms. The minimum atomic E-state index is -0.897. The number of hydrogen-bond donors (Lipinski definition) is 1. The Morgan fingerprint density at radius 3 is 2.33 bits per heavy atom. The van der Waals surface area contributed by atoms with Crippen LogP contribution in [0.4, 0.5) is 0 Å². The quantitative estimate of drug-likeness (QED) is 0.182. The number of ether oxygens (including phenoxy) is 4. The molecule has 1 aliphatic rings. The van der Waals surface area contributed by atoms with Crippen LogP contribution in [0.1, 0.15) is 58.7 Å². The second-order valence-corrected chi connectivity index (χ2v) is 9.22. The van der Waals surface area contributed by atoms with Gasteiger partial charge >= 0.3 is 11.9 Å². The van der Waals surface area contributed by atoms with Crippen LogP contribution < -0.4 is 19.5 Å². The van der Waals surface area contributed by atoms with Gasteiger partial charge in [-0.15, -0.1) is 0 Å². The maximum atomic E-state index is 14.0. The van der Waals surface area contributed by atoms with Crippen molar-refractivity contribution in [1.82, 2.24) is 10.2 Å². The molecular formula is C30H34N2O7S. The second-order valence-electron chi connectivity index (χ2n) is 8.83. The van der Waals surface area contributed by atoms with Gasteiger partial charge in [-0.3, -0.25) is 14.5 Å². The number of hydrogen-bond acceptors (Lipinski definition) is 8. The molecule has 1 atom stereocenters. The summed E-state index contributed by atoms with van der Waals surface area (Å²) in [5.41, 5.74) is 2.32. The van der Waals surface area contributed by atoms with Crippen LogP contribution >= 0.6 is 12.2 Å². The summed E-state index contributed by atoms with van der Waals surface area (Å²) < 4.78 is 22.1. The predicted molar refractivity (Wildman–Crippen MR) is 155 cm³/mol. The van der Waals surface area contributed by atoms with E-state index in [2.05, 4.69) is 5.32 Å². The van der Waals surface area contributed by atoms with Crippen molar-refractivity contribution in [3.63, 3.8) is 0 Å². The molecule has 1 amide bonds. The number of amides is 1. The number of allylic oxidation sites excluding steroid dienone is 1. The number of nitrogens with one attached hydrogen (secondary N) is 1. The average Bonchev–Trinajstić information content (AvgIpc) is 2.89. The first-order valence-corrected chi connectivity index (χ1v) is 13.4. The number of esters is 2. The molecule has 1 unspecified atom stereocenters. The molecule has 40 heavy (non-hydrogen) atoms. The lowest BCUT2D eigenvalue weighted by atomic mass is 9.92. The van der Waals surface area contributed by atoms with Gasteiger partial charge in [0.2, 0.25) is 0 Å². The van der Waals surface area contributed by atoms with Crippen molar-refractivity contribution in [2.24, 2.45) is 0 Å². The normalized spacial score (nSPS) is 15.3. The molecule has 3 rings (SSSR count). The van der Waals surface area contributed by atoms with E-state index in [1.54, 1.807) is 69.3 Å². The van der Waals surface area contributed by atoms with Crippen LogP contribution in [-0.4, -0.2) is 47.7 Å². The van der Waals surface area contributed by atoms with Crippen molar-refractivity contribution in [3.05, 3.63) is 70.4 Å². The number of carbonyl (C=O) groups excluding carboxylic acids is 3. The number of rotatable bonds is 10. The minimum Gasteiger partial charge on any atom is -0.490 e. The summed E-state index contributed by atoms with van der Waals surface area (Å²) in [5.74, 6) is -0.0620.